The van der Waals surface area contributed by atoms with Crippen LogP contribution in [0.15, 0.2) is 18.2 Å². The summed E-state index contributed by atoms with van der Waals surface area (Å²) >= 11 is 0. The Kier molecular flexibility index (Phi) is 2.35. The fourth-order valence-corrected chi connectivity index (χ4v) is 2.80. The van der Waals surface area contributed by atoms with Crippen LogP contribution < -0.4 is 10.1 Å². The molecule has 0 radical (unpaired) electrons. The molecule has 1 N–H and O–H groups in total. The van der Waals surface area contributed by atoms with Gasteiger partial charge in [0.2, 0.25) is 0 Å². The Hall–Kier alpha value is -1.51. The Labute approximate surface area is 101 Å². The molecule has 0 saturated heterocycles. The van der Waals surface area contributed by atoms with Gasteiger partial charge in [-0.05, 0) is 50.8 Å². The first kappa shape index (κ1) is 10.6. The van der Waals surface area contributed by atoms with Gasteiger partial charge in [0.1, 0.15) is 11.4 Å². The van der Waals surface area contributed by atoms with Crippen LogP contribution in [0.25, 0.3) is 0 Å². The summed E-state index contributed by atoms with van der Waals surface area (Å²) in [7, 11) is 0. The van der Waals surface area contributed by atoms with Gasteiger partial charge in [0, 0.05) is 5.56 Å². The van der Waals surface area contributed by atoms with Crippen molar-refractivity contribution in [3.05, 3.63) is 23.8 Å². The molecule has 2 aliphatic rings. The smallest absolute Gasteiger partial charge is 0.159 e. The van der Waals surface area contributed by atoms with Gasteiger partial charge in [0.05, 0.1) is 12.2 Å². The van der Waals surface area contributed by atoms with Gasteiger partial charge in [-0.2, -0.15) is 0 Å². The van der Waals surface area contributed by atoms with E-state index in [1.54, 1.807) is 6.92 Å². The molecule has 3 heteroatoms. The van der Waals surface area contributed by atoms with Gasteiger partial charge in [-0.3, -0.25) is 4.79 Å². The van der Waals surface area contributed by atoms with Gasteiger partial charge in [0.15, 0.2) is 5.78 Å². The predicted octanol–water partition coefficient (Wildman–Crippen LogP) is 3.01. The molecule has 0 unspecified atom stereocenters. The molecule has 3 rings (SSSR count). The molecule has 1 spiro atoms. The van der Waals surface area contributed by atoms with Crippen LogP contribution in [0.5, 0.6) is 5.75 Å². The molecule has 1 aromatic carbocycles. The molecular formula is C14H17NO2. The number of rotatable bonds is 1. The van der Waals surface area contributed by atoms with Crippen molar-refractivity contribution in [2.24, 2.45) is 0 Å². The normalized spacial score (nSPS) is 20.5. The van der Waals surface area contributed by atoms with E-state index >= 15 is 0 Å². The zero-order valence-electron chi connectivity index (χ0n) is 10.1. The van der Waals surface area contributed by atoms with Crippen LogP contribution in [-0.2, 0) is 0 Å². The number of carbonyl (C=O) groups excluding carboxylic acids is 1. The first-order valence-corrected chi connectivity index (χ1v) is 6.26. The summed E-state index contributed by atoms with van der Waals surface area (Å²) in [5.74, 6) is 0.985. The number of hydrogen-bond acceptors (Lipinski definition) is 3. The molecular weight excluding hydrogens is 214 g/mol. The average molecular weight is 231 g/mol. The molecule has 90 valence electrons. The number of ketones is 1. The van der Waals surface area contributed by atoms with Gasteiger partial charge in [0.25, 0.3) is 0 Å². The fraction of sp³-hybridized carbons (Fsp3) is 0.500. The maximum absolute atomic E-state index is 11.3. The molecule has 1 saturated carbocycles. The quantitative estimate of drug-likeness (QED) is 0.755. The summed E-state index contributed by atoms with van der Waals surface area (Å²) in [5.41, 5.74) is 1.70. The van der Waals surface area contributed by atoms with Crippen molar-refractivity contribution in [2.75, 3.05) is 11.9 Å². The Balaban J connectivity index is 1.91. The summed E-state index contributed by atoms with van der Waals surface area (Å²) in [6.07, 6.45) is 4.77. The van der Waals surface area contributed by atoms with E-state index in [9.17, 15) is 4.79 Å². The lowest BCUT2D eigenvalue weighted by atomic mass is 9.99. The minimum atomic E-state index is 0.00470. The van der Waals surface area contributed by atoms with Crippen LogP contribution in [0.4, 0.5) is 5.69 Å². The summed E-state index contributed by atoms with van der Waals surface area (Å²) in [6.45, 7) is 2.45. The SMILES string of the molecule is CC(=O)c1ccc2c(c1)NCC1(CCCC1)O2. The zero-order valence-corrected chi connectivity index (χ0v) is 10.1. The van der Waals surface area contributed by atoms with E-state index in [1.165, 1.54) is 12.8 Å². The van der Waals surface area contributed by atoms with Gasteiger partial charge < -0.3 is 10.1 Å². The Morgan fingerprint density at radius 3 is 2.82 bits per heavy atom. The molecule has 1 aromatic rings. The number of carbonyl (C=O) groups is 1. The molecule has 1 aliphatic heterocycles. The monoisotopic (exact) mass is 231 g/mol. The van der Waals surface area contributed by atoms with Crippen LogP contribution in [0.3, 0.4) is 0 Å². The second-order valence-corrected chi connectivity index (χ2v) is 5.11. The maximum Gasteiger partial charge on any atom is 0.159 e. The summed E-state index contributed by atoms with van der Waals surface area (Å²) in [6, 6.07) is 5.65. The van der Waals surface area contributed by atoms with Gasteiger partial charge in [-0.25, -0.2) is 0 Å². The Morgan fingerprint density at radius 1 is 1.35 bits per heavy atom. The topological polar surface area (TPSA) is 38.3 Å². The first-order chi connectivity index (χ1) is 8.19. The summed E-state index contributed by atoms with van der Waals surface area (Å²) < 4.78 is 6.14. The largest absolute Gasteiger partial charge is 0.483 e. The lowest BCUT2D eigenvalue weighted by Crippen LogP contribution is -2.43. The highest BCUT2D eigenvalue weighted by Gasteiger charge is 2.39. The predicted molar refractivity (Wildman–Crippen MR) is 66.8 cm³/mol. The number of anilines is 1. The highest BCUT2D eigenvalue weighted by Crippen LogP contribution is 2.41. The third kappa shape index (κ3) is 1.79. The van der Waals surface area contributed by atoms with Crippen molar-refractivity contribution < 1.29 is 9.53 Å². The van der Waals surface area contributed by atoms with Crippen molar-refractivity contribution in [3.63, 3.8) is 0 Å². The lowest BCUT2D eigenvalue weighted by molar-refractivity contribution is 0.0829. The van der Waals surface area contributed by atoms with Crippen molar-refractivity contribution >= 4 is 11.5 Å². The molecule has 0 bridgehead atoms. The van der Waals surface area contributed by atoms with E-state index in [2.05, 4.69) is 5.32 Å². The molecule has 0 atom stereocenters. The van der Waals surface area contributed by atoms with Crippen LogP contribution in [0, 0.1) is 0 Å². The highest BCUT2D eigenvalue weighted by molar-refractivity contribution is 5.95. The van der Waals surface area contributed by atoms with E-state index < -0.39 is 0 Å². The van der Waals surface area contributed by atoms with Crippen molar-refractivity contribution in [2.45, 2.75) is 38.2 Å². The van der Waals surface area contributed by atoms with E-state index in [0.29, 0.717) is 0 Å². The van der Waals surface area contributed by atoms with Crippen LogP contribution in [0.2, 0.25) is 0 Å². The first-order valence-electron chi connectivity index (χ1n) is 6.26. The van der Waals surface area contributed by atoms with Crippen LogP contribution in [0.1, 0.15) is 43.0 Å². The van der Waals surface area contributed by atoms with E-state index in [1.807, 2.05) is 18.2 Å². The second-order valence-electron chi connectivity index (χ2n) is 5.11. The third-order valence-corrected chi connectivity index (χ3v) is 3.83. The van der Waals surface area contributed by atoms with Crippen LogP contribution >= 0.6 is 0 Å². The lowest BCUT2D eigenvalue weighted by Gasteiger charge is -2.36. The van der Waals surface area contributed by atoms with E-state index in [0.717, 1.165) is 36.4 Å². The van der Waals surface area contributed by atoms with Crippen LogP contribution in [-0.4, -0.2) is 17.9 Å². The maximum atomic E-state index is 11.3. The molecule has 17 heavy (non-hydrogen) atoms. The van der Waals surface area contributed by atoms with Gasteiger partial charge in [-0.1, -0.05) is 0 Å². The van der Waals surface area contributed by atoms with Gasteiger partial charge in [-0.15, -0.1) is 0 Å². The van der Waals surface area contributed by atoms with E-state index in [4.69, 9.17) is 4.74 Å². The zero-order chi connectivity index (χ0) is 11.9. The average Bonchev–Trinajstić information content (AvgIpc) is 2.76. The van der Waals surface area contributed by atoms with Crippen molar-refractivity contribution in [1.82, 2.24) is 0 Å². The number of ether oxygens (including phenoxy) is 1. The minimum absolute atomic E-state index is 0.00470. The molecule has 0 aromatic heterocycles. The number of hydrogen-bond donors (Lipinski definition) is 1. The standard InChI is InChI=1S/C14H17NO2/c1-10(16)11-4-5-13-12(8-11)15-9-14(17-13)6-2-3-7-14/h4-5,8,15H,2-3,6-7,9H2,1H3. The molecule has 0 amide bonds. The third-order valence-electron chi connectivity index (χ3n) is 3.83. The molecule has 3 nitrogen and oxygen atoms in total. The highest BCUT2D eigenvalue weighted by atomic mass is 16.5. The summed E-state index contributed by atoms with van der Waals surface area (Å²) in [4.78, 5) is 11.3. The Bertz CT molecular complexity index is 461. The van der Waals surface area contributed by atoms with Crippen molar-refractivity contribution in [3.8, 4) is 5.75 Å². The second kappa shape index (κ2) is 3.76. The summed E-state index contributed by atoms with van der Waals surface area (Å²) in [5, 5.41) is 3.41. The molecule has 1 fully saturated rings. The Morgan fingerprint density at radius 2 is 2.12 bits per heavy atom. The molecule has 1 aliphatic carbocycles. The van der Waals surface area contributed by atoms with E-state index in [-0.39, 0.29) is 11.4 Å². The number of benzene rings is 1. The number of nitrogens with one attached hydrogen (secondary N) is 1. The number of fused-ring (bicyclic) bond motifs is 1. The minimum Gasteiger partial charge on any atom is -0.483 e. The van der Waals surface area contributed by atoms with Gasteiger partial charge >= 0.3 is 0 Å². The number of Topliss-reactive ketones (excluding diaryl/α,β-unsaturated/α-hetero) is 1. The molecule has 1 heterocycles. The fourth-order valence-electron chi connectivity index (χ4n) is 2.80. The van der Waals surface area contributed by atoms with Crippen molar-refractivity contribution in [1.29, 1.82) is 0 Å².